The fourth-order valence-corrected chi connectivity index (χ4v) is 2.86. The van der Waals surface area contributed by atoms with Gasteiger partial charge in [0.1, 0.15) is 11.4 Å². The van der Waals surface area contributed by atoms with Crippen molar-refractivity contribution in [2.45, 2.75) is 32.9 Å². The summed E-state index contributed by atoms with van der Waals surface area (Å²) in [6.07, 6.45) is 0. The Balaban J connectivity index is 0.000000283. The Labute approximate surface area is 194 Å². The molecular weight excluding hydrogens is 452 g/mol. The van der Waals surface area contributed by atoms with Gasteiger partial charge in [-0.05, 0) is 43.6 Å². The zero-order valence-corrected chi connectivity index (χ0v) is 18.8. The van der Waals surface area contributed by atoms with Gasteiger partial charge < -0.3 is 14.2 Å². The Hall–Kier alpha value is -4.26. The molecule has 0 unspecified atom stereocenters. The summed E-state index contributed by atoms with van der Waals surface area (Å²) in [5.41, 5.74) is 1.97. The molecule has 1 aliphatic rings. The number of non-ortho nitro benzene ring substituents is 1. The van der Waals surface area contributed by atoms with Crippen LogP contribution in [-0.4, -0.2) is 40.7 Å². The Morgan fingerprint density at radius 1 is 1.03 bits per heavy atom. The van der Waals surface area contributed by atoms with Crippen molar-refractivity contribution in [3.63, 3.8) is 0 Å². The first-order valence-corrected chi connectivity index (χ1v) is 10.2. The minimum Gasteiger partial charge on any atom is -0.464 e. The third-order valence-electron chi connectivity index (χ3n) is 4.48. The van der Waals surface area contributed by atoms with E-state index in [2.05, 4.69) is 5.43 Å². The molecule has 0 bridgehead atoms. The second-order valence-corrected chi connectivity index (χ2v) is 6.84. The standard InChI is InChI=1S/C14H17NO7.C7H7N3O2/c1-4-20-12(16)14(3,13(17)21-5-2)22-11-8-6-7-10(9-11)15(18)19;11-10(12)9-7-4-2-1-3-6(7)5-8-9/h6-9H,4-5H2,1-3H3;1-4,8H,5H2. The van der Waals surface area contributed by atoms with Gasteiger partial charge in [0.05, 0.1) is 24.2 Å². The van der Waals surface area contributed by atoms with E-state index in [9.17, 15) is 29.8 Å². The summed E-state index contributed by atoms with van der Waals surface area (Å²) >= 11 is 0. The molecule has 2 aromatic carbocycles. The van der Waals surface area contributed by atoms with Crippen LogP contribution in [0.5, 0.6) is 5.75 Å². The zero-order chi connectivity index (χ0) is 25.3. The second kappa shape index (κ2) is 11.6. The highest BCUT2D eigenvalue weighted by Gasteiger charge is 2.47. The van der Waals surface area contributed by atoms with Crippen molar-refractivity contribution >= 4 is 23.3 Å². The minimum absolute atomic E-state index is 0.0159. The van der Waals surface area contributed by atoms with Crippen LogP contribution in [0.1, 0.15) is 26.3 Å². The van der Waals surface area contributed by atoms with Gasteiger partial charge in [0, 0.05) is 12.6 Å². The summed E-state index contributed by atoms with van der Waals surface area (Å²) in [4.78, 5) is 44.6. The molecule has 1 aliphatic heterocycles. The number of benzene rings is 2. The van der Waals surface area contributed by atoms with E-state index in [1.165, 1.54) is 25.1 Å². The number of nitrogens with one attached hydrogen (secondary N) is 1. The largest absolute Gasteiger partial charge is 0.464 e. The average Bonchev–Trinajstić information content (AvgIpc) is 3.24. The molecule has 0 amide bonds. The van der Waals surface area contributed by atoms with Crippen LogP contribution in [0, 0.1) is 20.2 Å². The van der Waals surface area contributed by atoms with Crippen LogP contribution in [0.4, 0.5) is 11.4 Å². The fraction of sp³-hybridized carbons (Fsp3) is 0.333. The van der Waals surface area contributed by atoms with Gasteiger partial charge in [0.15, 0.2) is 5.03 Å². The van der Waals surface area contributed by atoms with E-state index >= 15 is 0 Å². The summed E-state index contributed by atoms with van der Waals surface area (Å²) in [5.74, 6) is -1.88. The third kappa shape index (κ3) is 6.16. The number of rotatable bonds is 8. The average molecular weight is 476 g/mol. The van der Waals surface area contributed by atoms with Crippen LogP contribution in [-0.2, 0) is 25.6 Å². The lowest BCUT2D eigenvalue weighted by atomic mass is 10.1. The van der Waals surface area contributed by atoms with Crippen LogP contribution in [0.3, 0.4) is 0 Å². The normalized spacial score (nSPS) is 12.0. The number of carbonyl (C=O) groups is 2. The van der Waals surface area contributed by atoms with Crippen molar-refractivity contribution in [2.24, 2.45) is 0 Å². The second-order valence-electron chi connectivity index (χ2n) is 6.84. The highest BCUT2D eigenvalue weighted by Crippen LogP contribution is 2.26. The van der Waals surface area contributed by atoms with Crippen molar-refractivity contribution in [1.82, 2.24) is 5.43 Å². The van der Waals surface area contributed by atoms with Gasteiger partial charge in [-0.25, -0.2) is 19.7 Å². The number of esters is 2. The van der Waals surface area contributed by atoms with E-state index in [0.717, 1.165) is 16.7 Å². The number of ether oxygens (including phenoxy) is 3. The lowest BCUT2D eigenvalue weighted by Gasteiger charge is -2.25. The van der Waals surface area contributed by atoms with E-state index in [4.69, 9.17) is 14.2 Å². The molecule has 0 saturated carbocycles. The molecule has 0 aliphatic carbocycles. The summed E-state index contributed by atoms with van der Waals surface area (Å²) in [6, 6.07) is 12.4. The maximum atomic E-state index is 12.0. The predicted octanol–water partition coefficient (Wildman–Crippen LogP) is 2.56. The maximum Gasteiger partial charge on any atom is 0.362 e. The summed E-state index contributed by atoms with van der Waals surface area (Å²) in [5, 5.41) is 21.7. The monoisotopic (exact) mass is 476 g/mol. The first-order chi connectivity index (χ1) is 16.1. The van der Waals surface area contributed by atoms with E-state index < -0.39 is 27.5 Å². The number of hydrazine groups is 2. The lowest BCUT2D eigenvalue weighted by Crippen LogP contribution is -2.51. The number of hydrogen-bond donors (Lipinski definition) is 1. The Bertz CT molecular complexity index is 1040. The number of nitro benzene ring substituents is 1. The first kappa shape index (κ1) is 26.0. The Morgan fingerprint density at radius 2 is 1.65 bits per heavy atom. The molecule has 0 spiro atoms. The van der Waals surface area contributed by atoms with E-state index in [1.807, 2.05) is 12.1 Å². The molecule has 3 rings (SSSR count). The van der Waals surface area contributed by atoms with Crippen molar-refractivity contribution in [1.29, 1.82) is 0 Å². The lowest BCUT2D eigenvalue weighted by molar-refractivity contribution is -0.502. The van der Waals surface area contributed by atoms with E-state index in [-0.39, 0.29) is 24.7 Å². The van der Waals surface area contributed by atoms with Gasteiger partial charge in [-0.3, -0.25) is 10.1 Å². The molecule has 2 aromatic rings. The first-order valence-electron chi connectivity index (χ1n) is 10.2. The summed E-state index contributed by atoms with van der Waals surface area (Å²) < 4.78 is 15.0. The Morgan fingerprint density at radius 3 is 2.21 bits per heavy atom. The molecule has 0 atom stereocenters. The van der Waals surface area contributed by atoms with Crippen LogP contribution in [0.15, 0.2) is 48.5 Å². The van der Waals surface area contributed by atoms with Gasteiger partial charge in [-0.2, -0.15) is 5.43 Å². The molecule has 34 heavy (non-hydrogen) atoms. The topological polar surface area (TPSA) is 163 Å². The van der Waals surface area contributed by atoms with Crippen LogP contribution < -0.4 is 15.3 Å². The quantitative estimate of drug-likeness (QED) is 0.258. The number of anilines is 1. The van der Waals surface area contributed by atoms with Crippen molar-refractivity contribution in [3.8, 4) is 5.75 Å². The number of carbonyl (C=O) groups excluding carboxylic acids is 2. The summed E-state index contributed by atoms with van der Waals surface area (Å²) in [6.45, 7) is 4.98. The number of hydrogen-bond acceptors (Lipinski definition) is 10. The number of nitrogens with zero attached hydrogens (tertiary/aromatic N) is 3. The van der Waals surface area contributed by atoms with Gasteiger partial charge >= 0.3 is 11.9 Å². The Kier molecular flexibility index (Phi) is 8.84. The molecule has 0 aromatic heterocycles. The molecule has 0 radical (unpaired) electrons. The molecule has 1 N–H and O–H groups in total. The molecule has 1 heterocycles. The predicted molar refractivity (Wildman–Crippen MR) is 118 cm³/mol. The minimum atomic E-state index is -2.04. The maximum absolute atomic E-state index is 12.0. The van der Waals surface area contributed by atoms with Crippen LogP contribution >= 0.6 is 0 Å². The van der Waals surface area contributed by atoms with Crippen molar-refractivity contribution in [3.05, 3.63) is 74.3 Å². The van der Waals surface area contributed by atoms with Crippen molar-refractivity contribution < 1.29 is 33.8 Å². The number of nitro groups is 2. The molecule has 182 valence electrons. The third-order valence-corrected chi connectivity index (χ3v) is 4.48. The molecule has 0 saturated heterocycles. The molecule has 13 heteroatoms. The molecule has 13 nitrogen and oxygen atoms in total. The van der Waals surface area contributed by atoms with E-state index in [1.54, 1.807) is 26.0 Å². The fourth-order valence-electron chi connectivity index (χ4n) is 2.86. The highest BCUT2D eigenvalue weighted by atomic mass is 16.7. The number of fused-ring (bicyclic) bond motifs is 1. The SMILES string of the molecule is CCOC(=O)C(C)(Oc1cccc([N+](=O)[O-])c1)C(=O)OCC.O=[N+]([O-])N1NCc2ccccc21. The highest BCUT2D eigenvalue weighted by molar-refractivity contribution is 6.03. The summed E-state index contributed by atoms with van der Waals surface area (Å²) in [7, 11) is 0. The molecule has 0 fully saturated rings. The van der Waals surface area contributed by atoms with E-state index in [0.29, 0.717) is 12.2 Å². The van der Waals surface area contributed by atoms with Gasteiger partial charge in [-0.15, -0.1) is 0 Å². The van der Waals surface area contributed by atoms with Gasteiger partial charge in [0.25, 0.3) is 11.3 Å². The number of para-hydroxylation sites is 1. The molecular formula is C21H24N4O9. The smallest absolute Gasteiger partial charge is 0.362 e. The van der Waals surface area contributed by atoms with Gasteiger partial charge in [-0.1, -0.05) is 24.3 Å². The van der Waals surface area contributed by atoms with Crippen molar-refractivity contribution in [2.75, 3.05) is 18.3 Å². The van der Waals surface area contributed by atoms with Gasteiger partial charge in [0.2, 0.25) is 0 Å². The zero-order valence-electron chi connectivity index (χ0n) is 18.8. The van der Waals surface area contributed by atoms with Crippen LogP contribution in [0.2, 0.25) is 0 Å². The van der Waals surface area contributed by atoms with Crippen LogP contribution in [0.25, 0.3) is 0 Å².